The number of carbonyl (C=O) groups excluding carboxylic acids is 3. The molecule has 0 aromatic rings. The molecule has 0 unspecified atom stereocenters. The van der Waals surface area contributed by atoms with Crippen LogP contribution in [-0.2, 0) is 19.1 Å². The van der Waals surface area contributed by atoms with Gasteiger partial charge >= 0.3 is 12.1 Å². The quantitative estimate of drug-likeness (QED) is 0.413. The monoisotopic (exact) mass is 380 g/mol. The fourth-order valence-electron chi connectivity index (χ4n) is 3.32. The highest BCUT2D eigenvalue weighted by atomic mass is 28.3. The van der Waals surface area contributed by atoms with E-state index in [0.29, 0.717) is 10.9 Å². The molecular weight excluding hydrogens is 352 g/mol. The number of allylic oxidation sites excluding steroid dienone is 1. The van der Waals surface area contributed by atoms with Crippen LogP contribution in [-0.4, -0.2) is 48.7 Å². The predicted octanol–water partition coefficient (Wildman–Crippen LogP) is 3.24. The maximum Gasteiger partial charge on any atom is 0.418 e. The zero-order valence-corrected chi connectivity index (χ0v) is 17.4. The van der Waals surface area contributed by atoms with Crippen molar-refractivity contribution in [2.24, 2.45) is 0 Å². The third kappa shape index (κ3) is 3.98. The van der Waals surface area contributed by atoms with E-state index in [9.17, 15) is 19.6 Å². The molecule has 1 aliphatic rings. The summed E-state index contributed by atoms with van der Waals surface area (Å²) in [5.74, 6) is -1.47. The third-order valence-corrected chi connectivity index (χ3v) is 8.28. The molecular formula is C18H28N2O5Si. The van der Waals surface area contributed by atoms with E-state index in [-0.39, 0.29) is 13.0 Å². The van der Waals surface area contributed by atoms with Gasteiger partial charge in [-0.3, -0.25) is 4.79 Å². The maximum atomic E-state index is 12.8. The van der Waals surface area contributed by atoms with Crippen molar-refractivity contribution in [3.63, 3.8) is 0 Å². The van der Waals surface area contributed by atoms with Crippen LogP contribution in [0.5, 0.6) is 0 Å². The molecule has 0 radical (unpaired) electrons. The van der Waals surface area contributed by atoms with Crippen molar-refractivity contribution in [3.8, 4) is 6.07 Å². The van der Waals surface area contributed by atoms with Gasteiger partial charge in [0.25, 0.3) is 0 Å². The summed E-state index contributed by atoms with van der Waals surface area (Å²) in [7, 11) is -2.32. The van der Waals surface area contributed by atoms with Gasteiger partial charge < -0.3 is 9.47 Å². The van der Waals surface area contributed by atoms with Crippen LogP contribution in [0.1, 0.15) is 34.1 Å². The van der Waals surface area contributed by atoms with Crippen molar-refractivity contribution < 1.29 is 23.9 Å². The summed E-state index contributed by atoms with van der Waals surface area (Å²) < 4.78 is 10.4. The van der Waals surface area contributed by atoms with Crippen LogP contribution in [0.15, 0.2) is 12.7 Å². The zero-order valence-electron chi connectivity index (χ0n) is 16.4. The van der Waals surface area contributed by atoms with Gasteiger partial charge in [0.05, 0.1) is 14.7 Å². The number of amides is 2. The lowest BCUT2D eigenvalue weighted by molar-refractivity contribution is -0.155. The van der Waals surface area contributed by atoms with Crippen LogP contribution < -0.4 is 0 Å². The van der Waals surface area contributed by atoms with Crippen molar-refractivity contribution >= 4 is 26.0 Å². The van der Waals surface area contributed by atoms with Crippen LogP contribution in [0.4, 0.5) is 4.79 Å². The van der Waals surface area contributed by atoms with Crippen LogP contribution in [0.25, 0.3) is 0 Å². The number of rotatable bonds is 5. The Morgan fingerprint density at radius 3 is 2.46 bits per heavy atom. The first kappa shape index (κ1) is 21.9. The van der Waals surface area contributed by atoms with Gasteiger partial charge in [0.15, 0.2) is 0 Å². The Kier molecular flexibility index (Phi) is 6.42. The highest BCUT2D eigenvalue weighted by molar-refractivity contribution is 6.80. The average Bonchev–Trinajstić information content (AvgIpc) is 2.80. The van der Waals surface area contributed by atoms with Gasteiger partial charge in [-0.1, -0.05) is 19.2 Å². The molecule has 0 aliphatic carbocycles. The third-order valence-electron chi connectivity index (χ3n) is 4.43. The molecule has 0 aromatic heterocycles. The second kappa shape index (κ2) is 7.62. The van der Waals surface area contributed by atoms with E-state index in [1.807, 2.05) is 19.2 Å². The number of ether oxygens (including phenoxy) is 2. The number of carbonyl (C=O) groups is 3. The number of esters is 1. The molecule has 0 aromatic carbocycles. The zero-order chi connectivity index (χ0) is 20.3. The first-order chi connectivity index (χ1) is 11.9. The molecule has 26 heavy (non-hydrogen) atoms. The molecule has 1 fully saturated rings. The van der Waals surface area contributed by atoms with E-state index in [1.54, 1.807) is 33.8 Å². The summed E-state index contributed by atoms with van der Waals surface area (Å²) in [4.78, 5) is 38.9. The minimum absolute atomic E-state index is 0.0365. The Balaban J connectivity index is 3.55. The lowest BCUT2D eigenvalue weighted by atomic mass is 9.97. The highest BCUT2D eigenvalue weighted by Crippen LogP contribution is 2.49. The smallest absolute Gasteiger partial charge is 0.418 e. The fourth-order valence-corrected chi connectivity index (χ4v) is 6.52. The van der Waals surface area contributed by atoms with Crippen molar-refractivity contribution in [3.05, 3.63) is 12.7 Å². The van der Waals surface area contributed by atoms with E-state index in [2.05, 4.69) is 6.58 Å². The molecule has 1 heterocycles. The van der Waals surface area contributed by atoms with Crippen LogP contribution in [0.2, 0.25) is 24.7 Å². The molecule has 2 atom stereocenters. The van der Waals surface area contributed by atoms with Gasteiger partial charge in [0.1, 0.15) is 11.7 Å². The minimum atomic E-state index is -2.32. The largest absolute Gasteiger partial charge is 0.463 e. The van der Waals surface area contributed by atoms with E-state index in [1.165, 1.54) is 0 Å². The Labute approximate surface area is 155 Å². The molecule has 2 amide bonds. The Hall–Kier alpha value is -2.14. The number of nitrogens with zero attached hydrogens (tertiary/aromatic N) is 2. The second-order valence-electron chi connectivity index (χ2n) is 8.05. The lowest BCUT2D eigenvalue weighted by Gasteiger charge is -2.39. The Morgan fingerprint density at radius 2 is 2.04 bits per heavy atom. The van der Waals surface area contributed by atoms with Crippen molar-refractivity contribution in [2.45, 2.75) is 69.9 Å². The first-order valence-corrected chi connectivity index (χ1v) is 11.9. The van der Waals surface area contributed by atoms with Crippen LogP contribution >= 0.6 is 0 Å². The van der Waals surface area contributed by atoms with Crippen molar-refractivity contribution in [1.29, 1.82) is 5.26 Å². The van der Waals surface area contributed by atoms with Gasteiger partial charge in [-0.2, -0.15) is 5.26 Å². The normalized spacial score (nSPS) is 23.3. The minimum Gasteiger partial charge on any atom is -0.463 e. The summed E-state index contributed by atoms with van der Waals surface area (Å²) >= 11 is 0. The Morgan fingerprint density at radius 1 is 1.46 bits per heavy atom. The van der Waals surface area contributed by atoms with Crippen LogP contribution in [0, 0.1) is 11.3 Å². The van der Waals surface area contributed by atoms with Gasteiger partial charge in [0, 0.05) is 12.0 Å². The van der Waals surface area contributed by atoms with E-state index in [0.717, 1.165) is 0 Å². The highest BCUT2D eigenvalue weighted by Gasteiger charge is 2.66. The summed E-state index contributed by atoms with van der Waals surface area (Å²) in [5, 5.41) is 9.99. The molecule has 7 nitrogen and oxygen atoms in total. The predicted molar refractivity (Wildman–Crippen MR) is 98.9 cm³/mol. The summed E-state index contributed by atoms with van der Waals surface area (Å²) in [6, 6.07) is 2.55. The molecule has 1 aliphatic heterocycles. The molecule has 0 bridgehead atoms. The first-order valence-electron chi connectivity index (χ1n) is 8.62. The molecule has 1 rings (SSSR count). The maximum absolute atomic E-state index is 12.8. The number of hydrogen-bond acceptors (Lipinski definition) is 6. The lowest BCUT2D eigenvalue weighted by Crippen LogP contribution is -2.60. The molecule has 144 valence electrons. The number of nitriles is 1. The number of likely N-dealkylation sites (tertiary alicyclic amines) is 1. The van der Waals surface area contributed by atoms with Crippen LogP contribution in [0.3, 0.4) is 0 Å². The number of hydrogen-bond donors (Lipinski definition) is 0. The molecule has 0 saturated carbocycles. The molecule has 1 saturated heterocycles. The standard InChI is InChI=1S/C18H28N2O5Si/c1-8-10-26(6,7)13-11-14(21)20(16(23)25-17(3,4)5)18(13,12-19)15(22)24-9-2/h8,13H,1,9-11H2,2-7H3/t13-,18+/m1/s1. The van der Waals surface area contributed by atoms with Crippen molar-refractivity contribution in [2.75, 3.05) is 6.61 Å². The SMILES string of the molecule is C=CC[Si](C)(C)[C@@H]1CC(=O)N(C(=O)OC(C)(C)C)[C@]1(C#N)C(=O)OCC. The summed E-state index contributed by atoms with van der Waals surface area (Å²) in [6.45, 7) is 14.3. The average molecular weight is 381 g/mol. The van der Waals surface area contributed by atoms with Gasteiger partial charge in [-0.05, 0) is 33.7 Å². The van der Waals surface area contributed by atoms with Crippen molar-refractivity contribution in [1.82, 2.24) is 4.90 Å². The topological polar surface area (TPSA) is 96.7 Å². The van der Waals surface area contributed by atoms with Gasteiger partial charge in [-0.25, -0.2) is 14.5 Å². The second-order valence-corrected chi connectivity index (χ2v) is 13.1. The molecule has 0 N–H and O–H groups in total. The summed E-state index contributed by atoms with van der Waals surface area (Å²) in [6.07, 6.45) is 0.654. The van der Waals surface area contributed by atoms with E-state index < -0.39 is 42.7 Å². The number of imide groups is 1. The summed E-state index contributed by atoms with van der Waals surface area (Å²) in [5.41, 5.74) is -3.50. The van der Waals surface area contributed by atoms with Gasteiger partial charge in [0.2, 0.25) is 11.4 Å². The van der Waals surface area contributed by atoms with E-state index >= 15 is 0 Å². The molecule has 0 spiro atoms. The van der Waals surface area contributed by atoms with E-state index in [4.69, 9.17) is 9.47 Å². The fraction of sp³-hybridized carbons (Fsp3) is 0.667. The molecule has 8 heteroatoms. The van der Waals surface area contributed by atoms with Gasteiger partial charge in [-0.15, -0.1) is 6.58 Å². The Bertz CT molecular complexity index is 647.